The summed E-state index contributed by atoms with van der Waals surface area (Å²) in [5.74, 6) is 1.70. The first-order chi connectivity index (χ1) is 8.78. The zero-order chi connectivity index (χ0) is 12.5. The highest BCUT2D eigenvalue weighted by Crippen LogP contribution is 2.38. The number of fused-ring (bicyclic) bond motifs is 1. The summed E-state index contributed by atoms with van der Waals surface area (Å²) >= 11 is 0. The molecule has 6 nitrogen and oxygen atoms in total. The summed E-state index contributed by atoms with van der Waals surface area (Å²) in [4.78, 5) is 14.8. The molecule has 2 fully saturated rings. The molecule has 1 aliphatic heterocycles. The van der Waals surface area contributed by atoms with Crippen LogP contribution in [0.15, 0.2) is 0 Å². The summed E-state index contributed by atoms with van der Waals surface area (Å²) in [6.07, 6.45) is 6.41. The maximum atomic E-state index is 5.71. The highest BCUT2D eigenvalue weighted by molar-refractivity contribution is 5.38. The molecule has 18 heavy (non-hydrogen) atoms. The van der Waals surface area contributed by atoms with E-state index in [1.54, 1.807) is 7.11 Å². The lowest BCUT2D eigenvalue weighted by molar-refractivity contribution is 0.351. The highest BCUT2D eigenvalue weighted by atomic mass is 16.5. The average Bonchev–Trinajstić information content (AvgIpc) is 2.85. The number of nitrogen functional groups attached to an aromatic ring is 1. The number of aromatic nitrogens is 3. The minimum absolute atomic E-state index is 0.233. The molecular formula is C12H19N5O. The van der Waals surface area contributed by atoms with Gasteiger partial charge in [0.05, 0.1) is 7.11 Å². The van der Waals surface area contributed by atoms with Gasteiger partial charge in [-0.1, -0.05) is 6.42 Å². The van der Waals surface area contributed by atoms with Gasteiger partial charge in [-0.3, -0.25) is 0 Å². The number of nitrogens with zero attached hydrogens (tertiary/aromatic N) is 4. The van der Waals surface area contributed by atoms with Gasteiger partial charge < -0.3 is 15.4 Å². The second-order valence-corrected chi connectivity index (χ2v) is 5.07. The van der Waals surface area contributed by atoms with E-state index in [1.165, 1.54) is 32.1 Å². The molecule has 0 bridgehead atoms. The molecule has 0 spiro atoms. The van der Waals surface area contributed by atoms with Gasteiger partial charge in [-0.15, -0.1) is 0 Å². The molecule has 2 atom stereocenters. The topological polar surface area (TPSA) is 77.2 Å². The number of ether oxygens (including phenoxy) is 1. The monoisotopic (exact) mass is 249 g/mol. The van der Waals surface area contributed by atoms with Crippen LogP contribution in [-0.2, 0) is 0 Å². The molecule has 3 rings (SSSR count). The number of hydrogen-bond donors (Lipinski definition) is 1. The third-order valence-electron chi connectivity index (χ3n) is 4.05. The second kappa shape index (κ2) is 4.59. The standard InChI is InChI=1S/C12H19N5O/c1-18-12-15-10(13)14-11(16-12)17-7-3-5-8-4-2-6-9(8)17/h8-9H,2-7H2,1H3,(H2,13,14,15,16). The van der Waals surface area contributed by atoms with Crippen LogP contribution in [0, 0.1) is 5.92 Å². The van der Waals surface area contributed by atoms with Crippen LogP contribution >= 0.6 is 0 Å². The zero-order valence-corrected chi connectivity index (χ0v) is 10.7. The maximum absolute atomic E-state index is 5.71. The Morgan fingerprint density at radius 3 is 2.83 bits per heavy atom. The average molecular weight is 249 g/mol. The van der Waals surface area contributed by atoms with Crippen molar-refractivity contribution in [2.45, 2.75) is 38.1 Å². The van der Waals surface area contributed by atoms with Crippen molar-refractivity contribution in [3.63, 3.8) is 0 Å². The predicted octanol–water partition coefficient (Wildman–Crippen LogP) is 1.23. The Morgan fingerprint density at radius 2 is 2.00 bits per heavy atom. The molecule has 1 saturated heterocycles. The van der Waals surface area contributed by atoms with Crippen LogP contribution in [0.2, 0.25) is 0 Å². The van der Waals surface area contributed by atoms with Crippen molar-refractivity contribution in [1.29, 1.82) is 0 Å². The molecule has 0 amide bonds. The molecule has 6 heteroatoms. The number of methoxy groups -OCH3 is 1. The second-order valence-electron chi connectivity index (χ2n) is 5.07. The van der Waals surface area contributed by atoms with Crippen LogP contribution in [0.4, 0.5) is 11.9 Å². The highest BCUT2D eigenvalue weighted by Gasteiger charge is 2.36. The first-order valence-electron chi connectivity index (χ1n) is 6.60. The zero-order valence-electron chi connectivity index (χ0n) is 10.7. The Bertz CT molecular complexity index is 438. The van der Waals surface area contributed by atoms with Crippen LogP contribution in [0.1, 0.15) is 32.1 Å². The molecule has 2 heterocycles. The molecular weight excluding hydrogens is 230 g/mol. The van der Waals surface area contributed by atoms with Gasteiger partial charge in [0.1, 0.15) is 0 Å². The Hall–Kier alpha value is -1.59. The van der Waals surface area contributed by atoms with E-state index < -0.39 is 0 Å². The quantitative estimate of drug-likeness (QED) is 0.849. The summed E-state index contributed by atoms with van der Waals surface area (Å²) < 4.78 is 5.07. The number of anilines is 2. The van der Waals surface area contributed by atoms with Crippen LogP contribution in [0.3, 0.4) is 0 Å². The Balaban J connectivity index is 1.90. The van der Waals surface area contributed by atoms with Crippen LogP contribution in [-0.4, -0.2) is 34.6 Å². The smallest absolute Gasteiger partial charge is 0.322 e. The number of nitrogens with two attached hydrogens (primary N) is 1. The Morgan fingerprint density at radius 1 is 1.17 bits per heavy atom. The van der Waals surface area contributed by atoms with Crippen molar-refractivity contribution < 1.29 is 4.74 Å². The molecule has 2 N–H and O–H groups in total. The lowest BCUT2D eigenvalue weighted by Gasteiger charge is -2.37. The lowest BCUT2D eigenvalue weighted by Crippen LogP contribution is -2.43. The van der Waals surface area contributed by atoms with Crippen LogP contribution < -0.4 is 15.4 Å². The van der Waals surface area contributed by atoms with Crippen LogP contribution in [0.25, 0.3) is 0 Å². The molecule has 0 aromatic carbocycles. The Kier molecular flexibility index (Phi) is 2.93. The maximum Gasteiger partial charge on any atom is 0.322 e. The fourth-order valence-corrected chi connectivity index (χ4v) is 3.28. The first-order valence-corrected chi connectivity index (χ1v) is 6.60. The molecule has 98 valence electrons. The van der Waals surface area contributed by atoms with Gasteiger partial charge in [0.2, 0.25) is 11.9 Å². The van der Waals surface area contributed by atoms with Gasteiger partial charge >= 0.3 is 6.01 Å². The van der Waals surface area contributed by atoms with E-state index in [4.69, 9.17) is 10.5 Å². The van der Waals surface area contributed by atoms with E-state index in [0.717, 1.165) is 12.5 Å². The SMILES string of the molecule is COc1nc(N)nc(N2CCCC3CCCC32)n1. The number of piperidine rings is 1. The first kappa shape index (κ1) is 11.5. The lowest BCUT2D eigenvalue weighted by atomic mass is 9.92. The van der Waals surface area contributed by atoms with E-state index in [9.17, 15) is 0 Å². The van der Waals surface area contributed by atoms with E-state index in [1.807, 2.05) is 0 Å². The number of rotatable bonds is 2. The van der Waals surface area contributed by atoms with Gasteiger partial charge in [0, 0.05) is 12.6 Å². The third-order valence-corrected chi connectivity index (χ3v) is 4.05. The van der Waals surface area contributed by atoms with Crippen LogP contribution in [0.5, 0.6) is 6.01 Å². The van der Waals surface area contributed by atoms with Crippen molar-refractivity contribution in [3.8, 4) is 6.01 Å². The molecule has 2 unspecified atom stereocenters. The fourth-order valence-electron chi connectivity index (χ4n) is 3.28. The van der Waals surface area contributed by atoms with Crippen molar-refractivity contribution >= 4 is 11.9 Å². The molecule has 1 aliphatic carbocycles. The third kappa shape index (κ3) is 1.95. The largest absolute Gasteiger partial charge is 0.467 e. The summed E-state index contributed by atoms with van der Waals surface area (Å²) in [6, 6.07) is 0.878. The summed E-state index contributed by atoms with van der Waals surface area (Å²) in [7, 11) is 1.55. The molecule has 1 saturated carbocycles. The van der Waals surface area contributed by atoms with E-state index in [0.29, 0.717) is 18.0 Å². The van der Waals surface area contributed by atoms with Gasteiger partial charge in [0.25, 0.3) is 0 Å². The van der Waals surface area contributed by atoms with Gasteiger partial charge in [0.15, 0.2) is 0 Å². The molecule has 1 aromatic rings. The predicted molar refractivity (Wildman–Crippen MR) is 68.5 cm³/mol. The van der Waals surface area contributed by atoms with Gasteiger partial charge in [-0.25, -0.2) is 0 Å². The summed E-state index contributed by atoms with van der Waals surface area (Å²) in [5, 5.41) is 0. The molecule has 1 aromatic heterocycles. The van der Waals surface area contributed by atoms with E-state index in [2.05, 4.69) is 19.9 Å². The van der Waals surface area contributed by atoms with Gasteiger partial charge in [-0.05, 0) is 31.6 Å². The van der Waals surface area contributed by atoms with Crippen molar-refractivity contribution in [2.24, 2.45) is 5.92 Å². The summed E-state index contributed by atoms with van der Waals surface area (Å²) in [5.41, 5.74) is 5.71. The van der Waals surface area contributed by atoms with Crippen molar-refractivity contribution in [1.82, 2.24) is 15.0 Å². The fraction of sp³-hybridized carbons (Fsp3) is 0.750. The van der Waals surface area contributed by atoms with E-state index >= 15 is 0 Å². The minimum Gasteiger partial charge on any atom is -0.467 e. The van der Waals surface area contributed by atoms with Gasteiger partial charge in [-0.2, -0.15) is 15.0 Å². The number of hydrogen-bond acceptors (Lipinski definition) is 6. The van der Waals surface area contributed by atoms with Crippen molar-refractivity contribution in [2.75, 3.05) is 24.3 Å². The normalized spacial score (nSPS) is 27.1. The van der Waals surface area contributed by atoms with Crippen molar-refractivity contribution in [3.05, 3.63) is 0 Å². The van der Waals surface area contributed by atoms with E-state index in [-0.39, 0.29) is 5.95 Å². The molecule has 2 aliphatic rings. The molecule has 0 radical (unpaired) electrons. The summed E-state index contributed by atoms with van der Waals surface area (Å²) in [6.45, 7) is 1.01. The Labute approximate surface area is 107 Å². The minimum atomic E-state index is 0.233.